The van der Waals surface area contributed by atoms with Gasteiger partial charge >= 0.3 is 0 Å². The summed E-state index contributed by atoms with van der Waals surface area (Å²) in [7, 11) is 0. The zero-order valence-electron chi connectivity index (χ0n) is 8.60. The number of hydrogen-bond acceptors (Lipinski definition) is 3. The van der Waals surface area contributed by atoms with Gasteiger partial charge in [0.1, 0.15) is 0 Å². The Hall–Kier alpha value is -1.71. The van der Waals surface area contributed by atoms with Gasteiger partial charge in [0.25, 0.3) is 0 Å². The van der Waals surface area contributed by atoms with Crippen molar-refractivity contribution in [3.8, 4) is 0 Å². The summed E-state index contributed by atoms with van der Waals surface area (Å²) in [5, 5.41) is 4.01. The van der Waals surface area contributed by atoms with Gasteiger partial charge in [-0.3, -0.25) is 9.78 Å². The minimum absolute atomic E-state index is 0.0188. The van der Waals surface area contributed by atoms with Crippen LogP contribution in [0.4, 0.5) is 0 Å². The molecule has 2 rings (SSSR count). The first kappa shape index (κ1) is 9.83. The third-order valence-corrected chi connectivity index (χ3v) is 2.32. The molecule has 0 bridgehead atoms. The van der Waals surface area contributed by atoms with E-state index in [0.29, 0.717) is 0 Å². The van der Waals surface area contributed by atoms with Crippen molar-refractivity contribution < 1.29 is 4.79 Å². The van der Waals surface area contributed by atoms with Gasteiger partial charge < -0.3 is 0 Å². The first-order valence-electron chi connectivity index (χ1n) is 5.03. The molecule has 0 aliphatic heterocycles. The molecular formula is C11H13N3O. The topological polar surface area (TPSA) is 54.4 Å². The number of rotatable bonds is 3. The normalized spacial score (nSPS) is 16.2. The summed E-state index contributed by atoms with van der Waals surface area (Å²) in [6.45, 7) is 1.83. The number of carbonyl (C=O) groups is 1. The maximum absolute atomic E-state index is 11.3. The number of pyridine rings is 1. The zero-order valence-corrected chi connectivity index (χ0v) is 8.60. The van der Waals surface area contributed by atoms with Crippen LogP contribution in [-0.4, -0.2) is 16.6 Å². The number of carbonyl (C=O) groups excluding carboxylic acids is 1. The van der Waals surface area contributed by atoms with Crippen LogP contribution in [0.3, 0.4) is 0 Å². The highest BCUT2D eigenvalue weighted by Gasteiger charge is 2.29. The molecule has 0 atom stereocenters. The van der Waals surface area contributed by atoms with E-state index < -0.39 is 0 Å². The van der Waals surface area contributed by atoms with E-state index in [-0.39, 0.29) is 11.8 Å². The van der Waals surface area contributed by atoms with E-state index in [9.17, 15) is 4.79 Å². The lowest BCUT2D eigenvalue weighted by Crippen LogP contribution is -2.20. The highest BCUT2D eigenvalue weighted by molar-refractivity contribution is 5.97. The number of amides is 1. The summed E-state index contributed by atoms with van der Waals surface area (Å²) in [6, 6.07) is 5.60. The second-order valence-corrected chi connectivity index (χ2v) is 3.66. The van der Waals surface area contributed by atoms with Gasteiger partial charge in [0.05, 0.1) is 11.4 Å². The van der Waals surface area contributed by atoms with Crippen LogP contribution in [0.25, 0.3) is 0 Å². The third-order valence-electron chi connectivity index (χ3n) is 2.32. The molecule has 1 amide bonds. The smallest absolute Gasteiger partial charge is 0.243 e. The van der Waals surface area contributed by atoms with E-state index in [1.807, 2.05) is 25.1 Å². The molecule has 78 valence electrons. The molecule has 1 aliphatic carbocycles. The summed E-state index contributed by atoms with van der Waals surface area (Å²) in [5.41, 5.74) is 4.06. The Kier molecular flexibility index (Phi) is 2.76. The Labute approximate surface area is 88.4 Å². The molecular weight excluding hydrogens is 190 g/mol. The van der Waals surface area contributed by atoms with Gasteiger partial charge in [0.15, 0.2) is 0 Å². The molecule has 0 saturated heterocycles. The second kappa shape index (κ2) is 4.21. The number of nitrogens with zero attached hydrogens (tertiary/aromatic N) is 2. The van der Waals surface area contributed by atoms with Crippen molar-refractivity contribution in [3.63, 3.8) is 0 Å². The van der Waals surface area contributed by atoms with Crippen molar-refractivity contribution in [1.82, 2.24) is 10.4 Å². The van der Waals surface area contributed by atoms with E-state index in [1.165, 1.54) is 0 Å². The lowest BCUT2D eigenvalue weighted by Gasteiger charge is -2.00. The van der Waals surface area contributed by atoms with Gasteiger partial charge in [-0.25, -0.2) is 5.43 Å². The Bertz CT molecular complexity index is 382. The first-order valence-corrected chi connectivity index (χ1v) is 5.03. The van der Waals surface area contributed by atoms with Crippen LogP contribution in [0.2, 0.25) is 0 Å². The fourth-order valence-corrected chi connectivity index (χ4v) is 1.21. The minimum atomic E-state index is 0.0188. The van der Waals surface area contributed by atoms with Gasteiger partial charge in [-0.1, -0.05) is 6.07 Å². The fourth-order valence-electron chi connectivity index (χ4n) is 1.21. The Balaban J connectivity index is 1.97. The fraction of sp³-hybridized carbons (Fsp3) is 0.364. The maximum Gasteiger partial charge on any atom is 0.243 e. The maximum atomic E-state index is 11.3. The van der Waals surface area contributed by atoms with E-state index in [4.69, 9.17) is 0 Å². The molecule has 1 aromatic heterocycles. The summed E-state index contributed by atoms with van der Waals surface area (Å²) in [5.74, 6) is 0.204. The average molecular weight is 203 g/mol. The molecule has 0 radical (unpaired) electrons. The lowest BCUT2D eigenvalue weighted by atomic mass is 10.3. The number of aromatic nitrogens is 1. The molecule has 0 unspecified atom stereocenters. The minimum Gasteiger partial charge on any atom is -0.273 e. The van der Waals surface area contributed by atoms with Gasteiger partial charge in [-0.2, -0.15) is 5.10 Å². The van der Waals surface area contributed by atoms with Crippen LogP contribution in [0.5, 0.6) is 0 Å². The molecule has 4 heteroatoms. The monoisotopic (exact) mass is 203 g/mol. The van der Waals surface area contributed by atoms with Crippen LogP contribution >= 0.6 is 0 Å². The molecule has 15 heavy (non-hydrogen) atoms. The highest BCUT2D eigenvalue weighted by atomic mass is 16.2. The van der Waals surface area contributed by atoms with Crippen molar-refractivity contribution in [2.45, 2.75) is 19.8 Å². The Morgan fingerprint density at radius 1 is 1.53 bits per heavy atom. The standard InChI is InChI=1S/C11H13N3O/c1-8(10-4-2-3-7-12-10)13-14-11(15)9-5-6-9/h2-4,7,9H,5-6H2,1H3,(H,14,15). The molecule has 0 aromatic carbocycles. The molecule has 1 fully saturated rings. The predicted octanol–water partition coefficient (Wildman–Crippen LogP) is 1.33. The highest BCUT2D eigenvalue weighted by Crippen LogP contribution is 2.28. The van der Waals surface area contributed by atoms with Crippen molar-refractivity contribution in [1.29, 1.82) is 0 Å². The largest absolute Gasteiger partial charge is 0.273 e. The van der Waals surface area contributed by atoms with Crippen molar-refractivity contribution in [3.05, 3.63) is 30.1 Å². The number of hydrogen-bond donors (Lipinski definition) is 1. The van der Waals surface area contributed by atoms with Gasteiger partial charge in [0.2, 0.25) is 5.91 Å². The quantitative estimate of drug-likeness (QED) is 0.595. The second-order valence-electron chi connectivity index (χ2n) is 3.66. The van der Waals surface area contributed by atoms with Crippen molar-refractivity contribution in [2.75, 3.05) is 0 Å². The van der Waals surface area contributed by atoms with Gasteiger partial charge in [-0.05, 0) is 31.9 Å². The van der Waals surface area contributed by atoms with E-state index in [1.54, 1.807) is 6.20 Å². The summed E-state index contributed by atoms with van der Waals surface area (Å²) in [6.07, 6.45) is 3.69. The molecule has 1 aliphatic rings. The molecule has 1 aromatic rings. The SMILES string of the molecule is CC(=NNC(=O)C1CC1)c1ccccn1. The lowest BCUT2D eigenvalue weighted by molar-refractivity contribution is -0.122. The first-order chi connectivity index (χ1) is 7.27. The molecule has 4 nitrogen and oxygen atoms in total. The van der Waals surface area contributed by atoms with E-state index >= 15 is 0 Å². The van der Waals surface area contributed by atoms with Gasteiger partial charge in [-0.15, -0.1) is 0 Å². The van der Waals surface area contributed by atoms with Crippen molar-refractivity contribution >= 4 is 11.6 Å². The molecule has 1 N–H and O–H groups in total. The zero-order chi connectivity index (χ0) is 10.7. The van der Waals surface area contributed by atoms with Crippen LogP contribution < -0.4 is 5.43 Å². The summed E-state index contributed by atoms with van der Waals surface area (Å²) < 4.78 is 0. The number of nitrogens with one attached hydrogen (secondary N) is 1. The summed E-state index contributed by atoms with van der Waals surface area (Å²) in [4.78, 5) is 15.4. The van der Waals surface area contributed by atoms with Gasteiger partial charge in [0, 0.05) is 12.1 Å². The third kappa shape index (κ3) is 2.62. The van der Waals surface area contributed by atoms with Crippen LogP contribution in [0.1, 0.15) is 25.5 Å². The molecule has 0 spiro atoms. The molecule has 1 heterocycles. The van der Waals surface area contributed by atoms with Crippen molar-refractivity contribution in [2.24, 2.45) is 11.0 Å². The Morgan fingerprint density at radius 2 is 2.33 bits per heavy atom. The number of hydrazone groups is 1. The predicted molar refractivity (Wildman–Crippen MR) is 57.3 cm³/mol. The van der Waals surface area contributed by atoms with Crippen LogP contribution in [-0.2, 0) is 4.79 Å². The summed E-state index contributed by atoms with van der Waals surface area (Å²) >= 11 is 0. The van der Waals surface area contributed by atoms with E-state index in [0.717, 1.165) is 24.2 Å². The Morgan fingerprint density at radius 3 is 2.93 bits per heavy atom. The average Bonchev–Trinajstić information content (AvgIpc) is 3.10. The molecule has 1 saturated carbocycles. The van der Waals surface area contributed by atoms with Crippen LogP contribution in [0.15, 0.2) is 29.5 Å². The van der Waals surface area contributed by atoms with Crippen LogP contribution in [0, 0.1) is 5.92 Å². The van der Waals surface area contributed by atoms with E-state index in [2.05, 4.69) is 15.5 Å².